The van der Waals surface area contributed by atoms with Crippen molar-refractivity contribution in [3.63, 3.8) is 0 Å². The van der Waals surface area contributed by atoms with E-state index in [0.29, 0.717) is 6.42 Å². The molecule has 1 aromatic carbocycles. The Morgan fingerprint density at radius 3 is 2.38 bits per heavy atom. The Morgan fingerprint density at radius 2 is 1.90 bits per heavy atom. The topological polar surface area (TPSA) is 46.6 Å². The average molecular weight is 291 g/mol. The van der Waals surface area contributed by atoms with E-state index in [1.807, 2.05) is 58.0 Å². The summed E-state index contributed by atoms with van der Waals surface area (Å²) >= 11 is 0. The summed E-state index contributed by atoms with van der Waals surface area (Å²) in [5.74, 6) is 0. The van der Waals surface area contributed by atoms with Gasteiger partial charge >= 0.3 is 6.09 Å². The summed E-state index contributed by atoms with van der Waals surface area (Å²) < 4.78 is 5.50. The van der Waals surface area contributed by atoms with E-state index >= 15 is 0 Å². The van der Waals surface area contributed by atoms with Gasteiger partial charge in [-0.15, -0.1) is 0 Å². The summed E-state index contributed by atoms with van der Waals surface area (Å²) in [4.78, 5) is 25.1. The van der Waals surface area contributed by atoms with E-state index in [-0.39, 0.29) is 6.04 Å². The summed E-state index contributed by atoms with van der Waals surface area (Å²) in [6.07, 6.45) is 2.41. The molecule has 0 saturated heterocycles. The van der Waals surface area contributed by atoms with Crippen LogP contribution in [-0.2, 0) is 9.53 Å². The highest BCUT2D eigenvalue weighted by Gasteiger charge is 2.29. The van der Waals surface area contributed by atoms with Gasteiger partial charge in [0.25, 0.3) is 0 Å². The zero-order chi connectivity index (χ0) is 15.9. The number of amides is 1. The zero-order valence-corrected chi connectivity index (χ0v) is 13.3. The van der Waals surface area contributed by atoms with Crippen LogP contribution in [0.2, 0.25) is 0 Å². The van der Waals surface area contributed by atoms with Crippen molar-refractivity contribution in [2.24, 2.45) is 0 Å². The maximum absolute atomic E-state index is 12.5. The number of nitrogens with zero attached hydrogens (tertiary/aromatic N) is 1. The minimum absolute atomic E-state index is 0.176. The Hall–Kier alpha value is -1.84. The molecule has 0 aliphatic carbocycles. The molecule has 4 nitrogen and oxygen atoms in total. The van der Waals surface area contributed by atoms with Crippen molar-refractivity contribution in [2.75, 3.05) is 4.90 Å². The minimum atomic E-state index is -0.567. The normalized spacial score (nSPS) is 12.6. The number of para-hydroxylation sites is 1. The molecule has 0 N–H and O–H groups in total. The number of hydrogen-bond acceptors (Lipinski definition) is 3. The molecule has 0 saturated carbocycles. The molecular formula is C17H25NO3. The van der Waals surface area contributed by atoms with Crippen LogP contribution in [0, 0.1) is 0 Å². The first kappa shape index (κ1) is 17.2. The fourth-order valence-electron chi connectivity index (χ4n) is 2.16. The fourth-order valence-corrected chi connectivity index (χ4v) is 2.16. The molecule has 0 aliphatic rings. The Morgan fingerprint density at radius 1 is 1.29 bits per heavy atom. The van der Waals surface area contributed by atoms with E-state index in [0.717, 1.165) is 24.8 Å². The van der Waals surface area contributed by atoms with Crippen molar-refractivity contribution >= 4 is 18.1 Å². The first-order valence-corrected chi connectivity index (χ1v) is 7.40. The standard InChI is InChI=1S/C17H25NO3/c1-5-9-14(12-13-19)18(15-10-7-6-8-11-15)16(20)21-17(2,3)4/h6-8,10-11,13-14H,5,9,12H2,1-4H3. The van der Waals surface area contributed by atoms with Crippen molar-refractivity contribution in [3.8, 4) is 0 Å². The van der Waals surface area contributed by atoms with Crippen LogP contribution in [-0.4, -0.2) is 24.0 Å². The predicted molar refractivity (Wildman–Crippen MR) is 84.5 cm³/mol. The van der Waals surface area contributed by atoms with Crippen LogP contribution in [0.4, 0.5) is 10.5 Å². The molecule has 21 heavy (non-hydrogen) atoms. The summed E-state index contributed by atoms with van der Waals surface area (Å²) in [6.45, 7) is 7.55. The number of carbonyl (C=O) groups excluding carboxylic acids is 2. The maximum Gasteiger partial charge on any atom is 0.415 e. The van der Waals surface area contributed by atoms with Crippen LogP contribution in [0.25, 0.3) is 0 Å². The number of hydrogen-bond donors (Lipinski definition) is 0. The monoisotopic (exact) mass is 291 g/mol. The molecule has 0 heterocycles. The van der Waals surface area contributed by atoms with Crippen LogP contribution in [0.3, 0.4) is 0 Å². The van der Waals surface area contributed by atoms with E-state index in [1.165, 1.54) is 0 Å². The predicted octanol–water partition coefficient (Wildman–Crippen LogP) is 4.19. The highest BCUT2D eigenvalue weighted by molar-refractivity contribution is 5.89. The molecule has 0 aliphatic heterocycles. The van der Waals surface area contributed by atoms with Gasteiger partial charge in [-0.2, -0.15) is 0 Å². The van der Waals surface area contributed by atoms with Crippen molar-refractivity contribution < 1.29 is 14.3 Å². The lowest BCUT2D eigenvalue weighted by molar-refractivity contribution is -0.108. The molecule has 0 fully saturated rings. The van der Waals surface area contributed by atoms with Crippen molar-refractivity contribution in [2.45, 2.75) is 58.6 Å². The summed E-state index contributed by atoms with van der Waals surface area (Å²) in [7, 11) is 0. The second-order valence-corrected chi connectivity index (χ2v) is 6.03. The van der Waals surface area contributed by atoms with Crippen LogP contribution in [0.15, 0.2) is 30.3 Å². The van der Waals surface area contributed by atoms with E-state index in [2.05, 4.69) is 0 Å². The van der Waals surface area contributed by atoms with Gasteiger partial charge in [-0.3, -0.25) is 4.90 Å². The average Bonchev–Trinajstić information content (AvgIpc) is 2.38. The second kappa shape index (κ2) is 7.81. The van der Waals surface area contributed by atoms with E-state index < -0.39 is 11.7 Å². The van der Waals surface area contributed by atoms with Gasteiger partial charge in [0.15, 0.2) is 0 Å². The number of benzene rings is 1. The largest absolute Gasteiger partial charge is 0.443 e. The molecule has 0 spiro atoms. The lowest BCUT2D eigenvalue weighted by Crippen LogP contribution is -2.44. The Balaban J connectivity index is 3.09. The highest BCUT2D eigenvalue weighted by Crippen LogP contribution is 2.23. The van der Waals surface area contributed by atoms with Gasteiger partial charge in [-0.1, -0.05) is 31.5 Å². The van der Waals surface area contributed by atoms with Crippen molar-refractivity contribution in [1.29, 1.82) is 0 Å². The zero-order valence-electron chi connectivity index (χ0n) is 13.3. The van der Waals surface area contributed by atoms with E-state index in [9.17, 15) is 9.59 Å². The molecule has 1 atom stereocenters. The number of rotatable bonds is 6. The molecule has 1 aromatic rings. The van der Waals surface area contributed by atoms with E-state index in [1.54, 1.807) is 4.90 Å². The molecule has 4 heteroatoms. The van der Waals surface area contributed by atoms with Gasteiger partial charge < -0.3 is 9.53 Å². The van der Waals surface area contributed by atoms with Crippen LogP contribution < -0.4 is 4.90 Å². The third-order valence-corrected chi connectivity index (χ3v) is 2.98. The molecule has 116 valence electrons. The molecule has 1 unspecified atom stereocenters. The van der Waals surface area contributed by atoms with Crippen molar-refractivity contribution in [1.82, 2.24) is 0 Å². The molecule has 0 bridgehead atoms. The third-order valence-electron chi connectivity index (χ3n) is 2.98. The molecular weight excluding hydrogens is 266 g/mol. The first-order valence-electron chi connectivity index (χ1n) is 7.40. The molecule has 1 amide bonds. The third kappa shape index (κ3) is 5.58. The Kier molecular flexibility index (Phi) is 6.40. The van der Waals surface area contributed by atoms with Gasteiger partial charge in [-0.05, 0) is 39.3 Å². The smallest absolute Gasteiger partial charge is 0.415 e. The Labute approximate surface area is 127 Å². The summed E-state index contributed by atoms with van der Waals surface area (Å²) in [5, 5.41) is 0. The van der Waals surface area contributed by atoms with Gasteiger partial charge in [0, 0.05) is 18.2 Å². The van der Waals surface area contributed by atoms with Gasteiger partial charge in [0.05, 0.1) is 0 Å². The SMILES string of the molecule is CCCC(CC=O)N(C(=O)OC(C)(C)C)c1ccccc1. The summed E-state index contributed by atoms with van der Waals surface area (Å²) in [5.41, 5.74) is 0.189. The highest BCUT2D eigenvalue weighted by atomic mass is 16.6. The molecule has 0 radical (unpaired) electrons. The number of ether oxygens (including phenoxy) is 1. The number of aldehydes is 1. The second-order valence-electron chi connectivity index (χ2n) is 6.03. The van der Waals surface area contributed by atoms with Gasteiger partial charge in [-0.25, -0.2) is 4.79 Å². The lowest BCUT2D eigenvalue weighted by Gasteiger charge is -2.32. The first-order chi connectivity index (χ1) is 9.89. The van der Waals surface area contributed by atoms with Crippen LogP contribution >= 0.6 is 0 Å². The Bertz CT molecular complexity index is 451. The molecule has 0 aromatic heterocycles. The van der Waals surface area contributed by atoms with Gasteiger partial charge in [0.2, 0.25) is 0 Å². The quantitative estimate of drug-likeness (QED) is 0.738. The minimum Gasteiger partial charge on any atom is -0.443 e. The van der Waals surface area contributed by atoms with Gasteiger partial charge in [0.1, 0.15) is 11.9 Å². The molecule has 1 rings (SSSR count). The summed E-state index contributed by atoms with van der Waals surface area (Å²) in [6, 6.07) is 9.18. The van der Waals surface area contributed by atoms with Crippen molar-refractivity contribution in [3.05, 3.63) is 30.3 Å². The van der Waals surface area contributed by atoms with Crippen LogP contribution in [0.1, 0.15) is 47.0 Å². The fraction of sp³-hybridized carbons (Fsp3) is 0.529. The number of carbonyl (C=O) groups is 2. The number of anilines is 1. The van der Waals surface area contributed by atoms with Crippen LogP contribution in [0.5, 0.6) is 0 Å². The van der Waals surface area contributed by atoms with E-state index in [4.69, 9.17) is 4.74 Å². The maximum atomic E-state index is 12.5. The lowest BCUT2D eigenvalue weighted by atomic mass is 10.1.